The molecule has 0 aromatic rings. The molecule has 7 nitrogen and oxygen atoms in total. The van der Waals surface area contributed by atoms with Crippen molar-refractivity contribution in [3.8, 4) is 0 Å². The number of nitrogens with one attached hydrogen (secondary N) is 2. The molecule has 0 radical (unpaired) electrons. The Morgan fingerprint density at radius 2 is 1.92 bits per heavy atom. The molecule has 1 unspecified atom stereocenters. The number of aliphatic hydroxyl groups is 2. The molecule has 1 heterocycles. The Kier molecular flexibility index (Phi) is 6.15. The fraction of sp³-hybridized carbons (Fsp3) is 0.789. The number of rotatable bonds is 6. The summed E-state index contributed by atoms with van der Waals surface area (Å²) in [6.07, 6.45) is 4.05. The van der Waals surface area contributed by atoms with Crippen molar-refractivity contribution >= 4 is 11.8 Å². The molecule has 26 heavy (non-hydrogen) atoms. The predicted molar refractivity (Wildman–Crippen MR) is 99.1 cm³/mol. The fourth-order valence-corrected chi connectivity index (χ4v) is 3.60. The molecule has 2 amide bonds. The minimum Gasteiger partial charge on any atom is -0.391 e. The summed E-state index contributed by atoms with van der Waals surface area (Å²) in [6, 6.07) is -1.25. The second-order valence-corrected chi connectivity index (χ2v) is 8.61. The van der Waals surface area contributed by atoms with Crippen LogP contribution in [0.15, 0.2) is 12.2 Å². The maximum Gasteiger partial charge on any atom is 0.246 e. The number of allylic oxidation sites excluding steroid dienone is 1. The van der Waals surface area contributed by atoms with Crippen molar-refractivity contribution in [3.05, 3.63) is 12.2 Å². The van der Waals surface area contributed by atoms with Crippen LogP contribution in [0.25, 0.3) is 0 Å². The summed E-state index contributed by atoms with van der Waals surface area (Å²) < 4.78 is 0. The second-order valence-electron chi connectivity index (χ2n) is 8.61. The van der Waals surface area contributed by atoms with E-state index in [-0.39, 0.29) is 18.4 Å². The third-order valence-corrected chi connectivity index (χ3v) is 5.38. The number of hydrogen-bond acceptors (Lipinski definition) is 5. The first-order valence-corrected chi connectivity index (χ1v) is 9.34. The highest BCUT2D eigenvalue weighted by Crippen LogP contribution is 2.47. The molecular weight excluding hydrogens is 334 g/mol. The number of β-amino-alcohol motifs (C(OH)–C–C–N with tert-alkyl or cyclic N) is 1. The van der Waals surface area contributed by atoms with Crippen LogP contribution in [0, 0.1) is 10.8 Å². The number of carbonyl (C=O) groups excluding carboxylic acids is 2. The number of carbonyl (C=O) groups is 2. The molecule has 2 rings (SSSR count). The van der Waals surface area contributed by atoms with Gasteiger partial charge in [-0.2, -0.15) is 0 Å². The van der Waals surface area contributed by atoms with Crippen molar-refractivity contribution in [1.82, 2.24) is 15.5 Å². The predicted octanol–water partition coefficient (Wildman–Crippen LogP) is 0.373. The molecule has 0 aromatic carbocycles. The maximum absolute atomic E-state index is 13.3. The Morgan fingerprint density at radius 1 is 1.31 bits per heavy atom. The van der Waals surface area contributed by atoms with E-state index in [0.717, 1.165) is 12.8 Å². The Morgan fingerprint density at radius 3 is 2.38 bits per heavy atom. The van der Waals surface area contributed by atoms with Gasteiger partial charge in [0.25, 0.3) is 0 Å². The average Bonchev–Trinajstić information content (AvgIpc) is 3.24. The topological polar surface area (TPSA) is 102 Å². The smallest absolute Gasteiger partial charge is 0.246 e. The van der Waals surface area contributed by atoms with Crippen LogP contribution in [0.5, 0.6) is 0 Å². The van der Waals surface area contributed by atoms with Gasteiger partial charge in [-0.1, -0.05) is 32.9 Å². The Balaban J connectivity index is 2.21. The van der Waals surface area contributed by atoms with Crippen molar-refractivity contribution < 1.29 is 19.8 Å². The van der Waals surface area contributed by atoms with E-state index in [0.29, 0.717) is 6.42 Å². The van der Waals surface area contributed by atoms with Crippen LogP contribution < -0.4 is 10.6 Å². The largest absolute Gasteiger partial charge is 0.391 e. The summed E-state index contributed by atoms with van der Waals surface area (Å²) >= 11 is 0. The van der Waals surface area contributed by atoms with Gasteiger partial charge in [0.1, 0.15) is 12.3 Å². The molecule has 4 N–H and O–H groups in total. The van der Waals surface area contributed by atoms with Gasteiger partial charge < -0.3 is 20.4 Å². The van der Waals surface area contributed by atoms with Crippen LogP contribution in [-0.2, 0) is 9.59 Å². The molecule has 7 heteroatoms. The standard InChI is InChI=1S/C19H33N3O4/c1-6-7-19(8-9-19)17(26)21-14(18(2,3)4)16(25)22-11-12(23)10-13(22)15(24)20-5/h6-7,12-15,20,23-24H,8-11H2,1-5H3,(H,21,26)/b7-6+/t12-,13?,14-,15+/m1/s1. The molecule has 2 fully saturated rings. The summed E-state index contributed by atoms with van der Waals surface area (Å²) in [5, 5.41) is 25.9. The van der Waals surface area contributed by atoms with Gasteiger partial charge in [0.05, 0.1) is 17.6 Å². The molecule has 2 aliphatic rings. The van der Waals surface area contributed by atoms with E-state index < -0.39 is 35.2 Å². The third-order valence-electron chi connectivity index (χ3n) is 5.38. The van der Waals surface area contributed by atoms with E-state index in [2.05, 4.69) is 10.6 Å². The fourth-order valence-electron chi connectivity index (χ4n) is 3.60. The lowest BCUT2D eigenvalue weighted by atomic mass is 9.85. The van der Waals surface area contributed by atoms with E-state index in [1.807, 2.05) is 39.8 Å². The van der Waals surface area contributed by atoms with Crippen LogP contribution >= 0.6 is 0 Å². The highest BCUT2D eigenvalue weighted by atomic mass is 16.3. The first kappa shape index (κ1) is 20.9. The zero-order valence-corrected chi connectivity index (χ0v) is 16.5. The Bertz CT molecular complexity index is 566. The zero-order valence-electron chi connectivity index (χ0n) is 16.5. The number of nitrogens with zero attached hydrogens (tertiary/aromatic N) is 1. The lowest BCUT2D eigenvalue weighted by Crippen LogP contribution is -2.59. The second kappa shape index (κ2) is 7.66. The third kappa shape index (κ3) is 4.27. The van der Waals surface area contributed by atoms with Gasteiger partial charge in [-0.05, 0) is 38.6 Å². The zero-order chi connectivity index (χ0) is 19.7. The van der Waals surface area contributed by atoms with Crippen LogP contribution in [0.1, 0.15) is 47.0 Å². The van der Waals surface area contributed by atoms with Gasteiger partial charge >= 0.3 is 0 Å². The van der Waals surface area contributed by atoms with E-state index in [1.165, 1.54) is 4.90 Å². The van der Waals surface area contributed by atoms with Crippen LogP contribution in [0.4, 0.5) is 0 Å². The molecule has 0 aromatic heterocycles. The normalized spacial score (nSPS) is 27.4. The number of amides is 2. The molecule has 1 saturated heterocycles. The Hall–Kier alpha value is -1.44. The lowest BCUT2D eigenvalue weighted by molar-refractivity contribution is -0.143. The monoisotopic (exact) mass is 367 g/mol. The summed E-state index contributed by atoms with van der Waals surface area (Å²) in [4.78, 5) is 27.5. The summed E-state index contributed by atoms with van der Waals surface area (Å²) in [5.74, 6) is -0.396. The molecule has 0 spiro atoms. The van der Waals surface area contributed by atoms with Crippen molar-refractivity contribution in [2.75, 3.05) is 13.6 Å². The van der Waals surface area contributed by atoms with Gasteiger partial charge in [0.2, 0.25) is 11.8 Å². The van der Waals surface area contributed by atoms with Crippen molar-refractivity contribution in [3.63, 3.8) is 0 Å². The van der Waals surface area contributed by atoms with Crippen molar-refractivity contribution in [1.29, 1.82) is 0 Å². The number of likely N-dealkylation sites (tertiary alicyclic amines) is 1. The van der Waals surface area contributed by atoms with Crippen molar-refractivity contribution in [2.24, 2.45) is 10.8 Å². The quantitative estimate of drug-likeness (QED) is 0.401. The summed E-state index contributed by atoms with van der Waals surface area (Å²) in [6.45, 7) is 7.75. The van der Waals surface area contributed by atoms with E-state index in [1.54, 1.807) is 7.05 Å². The molecule has 1 aliphatic carbocycles. The van der Waals surface area contributed by atoms with Crippen LogP contribution in [0.3, 0.4) is 0 Å². The molecule has 0 bridgehead atoms. The van der Waals surface area contributed by atoms with Crippen molar-refractivity contribution in [2.45, 2.75) is 71.4 Å². The lowest BCUT2D eigenvalue weighted by Gasteiger charge is -2.37. The van der Waals surface area contributed by atoms with Gasteiger partial charge in [-0.25, -0.2) is 0 Å². The number of hydrogen-bond donors (Lipinski definition) is 4. The number of aliphatic hydroxyl groups excluding tert-OH is 2. The molecule has 148 valence electrons. The first-order valence-electron chi connectivity index (χ1n) is 9.34. The van der Waals surface area contributed by atoms with E-state index >= 15 is 0 Å². The van der Waals surface area contributed by atoms with Gasteiger partial charge in [0.15, 0.2) is 0 Å². The first-order chi connectivity index (χ1) is 12.1. The average molecular weight is 367 g/mol. The Labute approximate surface area is 155 Å². The van der Waals surface area contributed by atoms with Crippen LogP contribution in [0.2, 0.25) is 0 Å². The summed E-state index contributed by atoms with van der Waals surface area (Å²) in [5.41, 5.74) is -0.992. The minimum atomic E-state index is -0.926. The highest BCUT2D eigenvalue weighted by Gasteiger charge is 2.50. The molecule has 4 atom stereocenters. The van der Waals surface area contributed by atoms with Gasteiger partial charge in [0, 0.05) is 6.54 Å². The SMILES string of the molecule is C/C=C/C1(C(=O)N[C@H](C(=O)N2C[C@H](O)CC2[C@H](O)NC)C(C)(C)C)CC1. The summed E-state index contributed by atoms with van der Waals surface area (Å²) in [7, 11) is 1.61. The van der Waals surface area contributed by atoms with E-state index in [9.17, 15) is 19.8 Å². The molecule has 1 saturated carbocycles. The maximum atomic E-state index is 13.3. The van der Waals surface area contributed by atoms with Crippen LogP contribution in [-0.4, -0.2) is 64.9 Å². The van der Waals surface area contributed by atoms with Gasteiger partial charge in [-0.3, -0.25) is 14.9 Å². The number of likely N-dealkylation sites (N-methyl/N-ethyl adjacent to an activating group) is 1. The minimum absolute atomic E-state index is 0.130. The van der Waals surface area contributed by atoms with Gasteiger partial charge in [-0.15, -0.1) is 0 Å². The molecule has 1 aliphatic heterocycles. The highest BCUT2D eigenvalue weighted by molar-refractivity contribution is 5.93. The molecular formula is C19H33N3O4. The van der Waals surface area contributed by atoms with E-state index in [4.69, 9.17) is 0 Å².